The van der Waals surface area contributed by atoms with E-state index in [1.54, 1.807) is 55.5 Å². The van der Waals surface area contributed by atoms with E-state index >= 15 is 0 Å². The number of nitrogens with one attached hydrogen (secondary N) is 1. The molecular weight excluding hydrogens is 362 g/mol. The molecule has 9 heteroatoms. The molecule has 25 heavy (non-hydrogen) atoms. The van der Waals surface area contributed by atoms with Crippen molar-refractivity contribution in [3.63, 3.8) is 0 Å². The van der Waals surface area contributed by atoms with Gasteiger partial charge in [0.15, 0.2) is 0 Å². The monoisotopic (exact) mass is 375 g/mol. The molecule has 1 heterocycles. The van der Waals surface area contributed by atoms with Gasteiger partial charge in [-0.2, -0.15) is 4.68 Å². The maximum atomic E-state index is 12.4. The van der Waals surface area contributed by atoms with E-state index in [4.69, 9.17) is 11.6 Å². The summed E-state index contributed by atoms with van der Waals surface area (Å²) >= 11 is 7.27. The van der Waals surface area contributed by atoms with Crippen LogP contribution < -0.4 is 5.32 Å². The number of carbonyl (C=O) groups excluding carboxylic acids is 1. The SMILES string of the molecule is CC(Sc1nnnn1-c1ccc(O)cc1)C(=O)Nc1ccccc1Cl. The van der Waals surface area contributed by atoms with Crippen molar-refractivity contribution in [3.05, 3.63) is 53.6 Å². The van der Waals surface area contributed by atoms with E-state index in [0.717, 1.165) is 0 Å². The second-order valence-electron chi connectivity index (χ2n) is 5.12. The molecule has 2 N–H and O–H groups in total. The molecule has 0 saturated heterocycles. The van der Waals surface area contributed by atoms with Gasteiger partial charge in [-0.3, -0.25) is 4.79 Å². The highest BCUT2D eigenvalue weighted by Crippen LogP contribution is 2.26. The Morgan fingerprint density at radius 3 is 2.68 bits per heavy atom. The lowest BCUT2D eigenvalue weighted by Gasteiger charge is -2.12. The second kappa shape index (κ2) is 7.54. The van der Waals surface area contributed by atoms with Crippen LogP contribution in [0.5, 0.6) is 5.75 Å². The van der Waals surface area contributed by atoms with E-state index in [-0.39, 0.29) is 11.7 Å². The quantitative estimate of drug-likeness (QED) is 0.665. The highest BCUT2D eigenvalue weighted by atomic mass is 35.5. The maximum Gasteiger partial charge on any atom is 0.237 e. The van der Waals surface area contributed by atoms with Crippen molar-refractivity contribution >= 4 is 35.0 Å². The first-order chi connectivity index (χ1) is 12.0. The van der Waals surface area contributed by atoms with E-state index in [2.05, 4.69) is 20.8 Å². The zero-order chi connectivity index (χ0) is 17.8. The van der Waals surface area contributed by atoms with Gasteiger partial charge in [-0.1, -0.05) is 35.5 Å². The molecule has 1 aromatic heterocycles. The Morgan fingerprint density at radius 2 is 1.96 bits per heavy atom. The van der Waals surface area contributed by atoms with Gasteiger partial charge < -0.3 is 10.4 Å². The third-order valence-corrected chi connectivity index (χ3v) is 4.68. The average molecular weight is 376 g/mol. The molecule has 0 aliphatic carbocycles. The van der Waals surface area contributed by atoms with E-state index in [0.29, 0.717) is 21.6 Å². The molecule has 0 aliphatic heterocycles. The largest absolute Gasteiger partial charge is 0.508 e. The minimum atomic E-state index is -0.446. The lowest BCUT2D eigenvalue weighted by atomic mass is 10.3. The molecule has 0 spiro atoms. The third kappa shape index (κ3) is 4.09. The van der Waals surface area contributed by atoms with Crippen LogP contribution in [0.15, 0.2) is 53.7 Å². The number of thioether (sulfide) groups is 1. The summed E-state index contributed by atoms with van der Waals surface area (Å²) in [5.74, 6) is -0.0585. The molecule has 0 radical (unpaired) electrons. The number of aromatic hydroxyl groups is 1. The molecule has 3 aromatic rings. The Labute approximate surface area is 153 Å². The Kier molecular flexibility index (Phi) is 5.20. The Morgan fingerprint density at radius 1 is 1.24 bits per heavy atom. The minimum absolute atomic E-state index is 0.151. The number of aromatic nitrogens is 4. The number of phenols is 1. The van der Waals surface area contributed by atoms with Gasteiger partial charge in [0.05, 0.1) is 21.6 Å². The number of rotatable bonds is 5. The van der Waals surface area contributed by atoms with Gasteiger partial charge in [-0.05, 0) is 53.7 Å². The van der Waals surface area contributed by atoms with Crippen molar-refractivity contribution in [1.82, 2.24) is 20.2 Å². The van der Waals surface area contributed by atoms with Crippen LogP contribution in [0.1, 0.15) is 6.92 Å². The number of phenolic OH excluding ortho intramolecular Hbond substituents is 1. The van der Waals surface area contributed by atoms with Gasteiger partial charge in [-0.25, -0.2) is 0 Å². The van der Waals surface area contributed by atoms with Gasteiger partial charge >= 0.3 is 0 Å². The van der Waals surface area contributed by atoms with Crippen LogP contribution in [0.25, 0.3) is 5.69 Å². The fourth-order valence-electron chi connectivity index (χ4n) is 2.02. The highest BCUT2D eigenvalue weighted by Gasteiger charge is 2.20. The maximum absolute atomic E-state index is 12.4. The lowest BCUT2D eigenvalue weighted by molar-refractivity contribution is -0.115. The molecule has 0 saturated carbocycles. The predicted octanol–water partition coefficient (Wildman–Crippen LogP) is 3.14. The van der Waals surface area contributed by atoms with Crippen LogP contribution in [-0.2, 0) is 4.79 Å². The molecule has 0 fully saturated rings. The number of benzene rings is 2. The molecule has 0 bridgehead atoms. The average Bonchev–Trinajstić information content (AvgIpc) is 3.05. The number of carbonyl (C=O) groups is 1. The van der Waals surface area contributed by atoms with Crippen LogP contribution in [0, 0.1) is 0 Å². The van der Waals surface area contributed by atoms with Crippen LogP contribution in [-0.4, -0.2) is 36.5 Å². The lowest BCUT2D eigenvalue weighted by Crippen LogP contribution is -2.23. The van der Waals surface area contributed by atoms with Crippen LogP contribution in [0.4, 0.5) is 5.69 Å². The van der Waals surface area contributed by atoms with Crippen molar-refractivity contribution in [2.45, 2.75) is 17.3 Å². The number of hydrogen-bond acceptors (Lipinski definition) is 6. The molecule has 1 unspecified atom stereocenters. The molecule has 1 atom stereocenters. The number of anilines is 1. The van der Waals surface area contributed by atoms with Gasteiger partial charge in [0.2, 0.25) is 11.1 Å². The Hall–Kier alpha value is -2.58. The Balaban J connectivity index is 1.72. The summed E-state index contributed by atoms with van der Waals surface area (Å²) in [6.07, 6.45) is 0. The normalized spacial score (nSPS) is 11.9. The topological polar surface area (TPSA) is 92.9 Å². The fraction of sp³-hybridized carbons (Fsp3) is 0.125. The highest BCUT2D eigenvalue weighted by molar-refractivity contribution is 8.00. The van der Waals surface area contributed by atoms with Crippen LogP contribution in [0.3, 0.4) is 0 Å². The summed E-state index contributed by atoms with van der Waals surface area (Å²) in [6, 6.07) is 13.5. The number of tetrazole rings is 1. The second-order valence-corrected chi connectivity index (χ2v) is 6.83. The van der Waals surface area contributed by atoms with E-state index < -0.39 is 5.25 Å². The molecular formula is C16H14ClN5O2S. The molecule has 2 aromatic carbocycles. The zero-order valence-electron chi connectivity index (χ0n) is 13.1. The first-order valence-corrected chi connectivity index (χ1v) is 8.60. The molecule has 7 nitrogen and oxygen atoms in total. The summed E-state index contributed by atoms with van der Waals surface area (Å²) in [5, 5.41) is 24.2. The third-order valence-electron chi connectivity index (χ3n) is 3.32. The van der Waals surface area contributed by atoms with Crippen molar-refractivity contribution in [3.8, 4) is 11.4 Å². The summed E-state index contributed by atoms with van der Waals surface area (Å²) in [7, 11) is 0. The summed E-state index contributed by atoms with van der Waals surface area (Å²) in [5.41, 5.74) is 1.24. The zero-order valence-corrected chi connectivity index (χ0v) is 14.7. The van der Waals surface area contributed by atoms with Crippen molar-refractivity contribution in [2.24, 2.45) is 0 Å². The molecule has 1 amide bonds. The predicted molar refractivity (Wildman–Crippen MR) is 96.2 cm³/mol. The first kappa shape index (κ1) is 17.2. The summed E-state index contributed by atoms with van der Waals surface area (Å²) in [4.78, 5) is 12.4. The fourth-order valence-corrected chi connectivity index (χ4v) is 3.01. The number of halogens is 1. The van der Waals surface area contributed by atoms with Gasteiger partial charge in [0, 0.05) is 0 Å². The standard InChI is InChI=1S/C16H14ClN5O2S/c1-10(15(24)18-14-5-3-2-4-13(14)17)25-16-19-20-21-22(16)11-6-8-12(23)9-7-11/h2-10,23H,1H3,(H,18,24). The van der Waals surface area contributed by atoms with E-state index in [1.807, 2.05) is 0 Å². The molecule has 128 valence electrons. The van der Waals surface area contributed by atoms with E-state index in [1.165, 1.54) is 16.4 Å². The Bertz CT molecular complexity index is 884. The number of nitrogens with zero attached hydrogens (tertiary/aromatic N) is 4. The smallest absolute Gasteiger partial charge is 0.237 e. The van der Waals surface area contributed by atoms with E-state index in [9.17, 15) is 9.90 Å². The van der Waals surface area contributed by atoms with Gasteiger partial charge in [-0.15, -0.1) is 5.10 Å². The van der Waals surface area contributed by atoms with Crippen LogP contribution in [0.2, 0.25) is 5.02 Å². The van der Waals surface area contributed by atoms with Crippen molar-refractivity contribution in [1.29, 1.82) is 0 Å². The number of amides is 1. The molecule has 3 rings (SSSR count). The van der Waals surface area contributed by atoms with Gasteiger partial charge in [0.25, 0.3) is 0 Å². The van der Waals surface area contributed by atoms with Crippen molar-refractivity contribution in [2.75, 3.05) is 5.32 Å². The summed E-state index contributed by atoms with van der Waals surface area (Å²) in [6.45, 7) is 1.76. The first-order valence-electron chi connectivity index (χ1n) is 7.34. The van der Waals surface area contributed by atoms with Gasteiger partial charge in [0.1, 0.15) is 5.75 Å². The summed E-state index contributed by atoms with van der Waals surface area (Å²) < 4.78 is 1.50. The van der Waals surface area contributed by atoms with Crippen molar-refractivity contribution < 1.29 is 9.90 Å². The minimum Gasteiger partial charge on any atom is -0.508 e. The number of para-hydroxylation sites is 1. The van der Waals surface area contributed by atoms with Crippen LogP contribution >= 0.6 is 23.4 Å². The molecule has 0 aliphatic rings. The number of hydrogen-bond donors (Lipinski definition) is 2.